The number of nitro benzene ring substituents is 1. The predicted molar refractivity (Wildman–Crippen MR) is 94.1 cm³/mol. The molecule has 0 saturated heterocycles. The molecule has 0 aliphatic rings. The van der Waals surface area contributed by atoms with Crippen LogP contribution in [-0.4, -0.2) is 21.0 Å². The van der Waals surface area contributed by atoms with Crippen LogP contribution in [0, 0.1) is 24.0 Å². The minimum atomic E-state index is -0.564. The van der Waals surface area contributed by atoms with Gasteiger partial charge in [0.25, 0.3) is 11.6 Å². The van der Waals surface area contributed by atoms with Gasteiger partial charge in [0.05, 0.1) is 11.3 Å². The Labute approximate surface area is 149 Å². The highest BCUT2D eigenvalue weighted by molar-refractivity contribution is 6.03. The normalized spacial score (nSPS) is 10.5. The number of benzene rings is 2. The Kier molecular flexibility index (Phi) is 4.74. The third-order valence-electron chi connectivity index (χ3n) is 3.93. The summed E-state index contributed by atoms with van der Waals surface area (Å²) < 4.78 is 5.44. The van der Waals surface area contributed by atoms with Crippen molar-refractivity contribution in [1.29, 1.82) is 0 Å². The molecule has 0 fully saturated rings. The number of nitro groups is 1. The highest BCUT2D eigenvalue weighted by Gasteiger charge is 2.15. The largest absolute Gasteiger partial charge is 0.407 e. The number of amides is 1. The summed E-state index contributed by atoms with van der Waals surface area (Å²) in [6.45, 7) is 4.06. The van der Waals surface area contributed by atoms with Crippen LogP contribution < -0.4 is 5.32 Å². The van der Waals surface area contributed by atoms with Gasteiger partial charge in [-0.2, -0.15) is 0 Å². The molecule has 1 N–H and O–H groups in total. The maximum absolute atomic E-state index is 12.2. The number of carbonyl (C=O) groups is 1. The fourth-order valence-corrected chi connectivity index (χ4v) is 2.39. The molecular formula is C18H16N4O4. The molecule has 8 heteroatoms. The molecule has 0 spiro atoms. The lowest BCUT2D eigenvalue weighted by atomic mass is 10.0. The Hall–Kier alpha value is -3.55. The van der Waals surface area contributed by atoms with Gasteiger partial charge in [-0.3, -0.25) is 20.2 Å². The number of rotatable bonds is 5. The molecular weight excluding hydrogens is 336 g/mol. The summed E-state index contributed by atoms with van der Waals surface area (Å²) in [5, 5.41) is 20.9. The number of nitrogens with one attached hydrogen (secondary N) is 1. The first-order chi connectivity index (χ1) is 12.4. The second kappa shape index (κ2) is 7.14. The average Bonchev–Trinajstić information content (AvgIpc) is 3.05. The van der Waals surface area contributed by atoms with Crippen molar-refractivity contribution < 1.29 is 14.1 Å². The van der Waals surface area contributed by atoms with Crippen LogP contribution >= 0.6 is 0 Å². The molecule has 0 unspecified atom stereocenters. The van der Waals surface area contributed by atoms with Gasteiger partial charge in [0, 0.05) is 17.7 Å². The SMILES string of the molecule is Cc1ccc(Cc2nnc(NC(=O)c3cccc([N+](=O)[O-])c3)o2)cc1C. The molecule has 3 aromatic rings. The quantitative estimate of drug-likeness (QED) is 0.556. The van der Waals surface area contributed by atoms with Gasteiger partial charge in [-0.05, 0) is 36.6 Å². The highest BCUT2D eigenvalue weighted by Crippen LogP contribution is 2.17. The summed E-state index contributed by atoms with van der Waals surface area (Å²) in [6.07, 6.45) is 0.445. The van der Waals surface area contributed by atoms with Crippen molar-refractivity contribution in [3.8, 4) is 0 Å². The van der Waals surface area contributed by atoms with E-state index < -0.39 is 10.8 Å². The first-order valence-electron chi connectivity index (χ1n) is 7.86. The molecule has 0 bridgehead atoms. The lowest BCUT2D eigenvalue weighted by molar-refractivity contribution is -0.384. The van der Waals surface area contributed by atoms with E-state index in [1.54, 1.807) is 0 Å². The first kappa shape index (κ1) is 17.3. The second-order valence-electron chi connectivity index (χ2n) is 5.86. The molecule has 0 aliphatic carbocycles. The molecule has 1 amide bonds. The summed E-state index contributed by atoms with van der Waals surface area (Å²) >= 11 is 0. The Morgan fingerprint density at radius 3 is 2.69 bits per heavy atom. The van der Waals surface area contributed by atoms with E-state index >= 15 is 0 Å². The third kappa shape index (κ3) is 3.92. The summed E-state index contributed by atoms with van der Waals surface area (Å²) in [6, 6.07) is 11.4. The van der Waals surface area contributed by atoms with Crippen molar-refractivity contribution in [2.45, 2.75) is 20.3 Å². The van der Waals surface area contributed by atoms with Crippen LogP contribution in [-0.2, 0) is 6.42 Å². The van der Waals surface area contributed by atoms with Gasteiger partial charge in [-0.15, -0.1) is 5.10 Å². The fraction of sp³-hybridized carbons (Fsp3) is 0.167. The van der Waals surface area contributed by atoms with Crippen molar-refractivity contribution in [1.82, 2.24) is 10.2 Å². The Balaban J connectivity index is 1.70. The molecule has 1 heterocycles. The minimum Gasteiger partial charge on any atom is -0.407 e. The van der Waals surface area contributed by atoms with Crippen molar-refractivity contribution in [2.75, 3.05) is 5.32 Å². The minimum absolute atomic E-state index is 0.0552. The lowest BCUT2D eigenvalue weighted by Crippen LogP contribution is -2.12. The lowest BCUT2D eigenvalue weighted by Gasteiger charge is -2.02. The topological polar surface area (TPSA) is 111 Å². The van der Waals surface area contributed by atoms with Gasteiger partial charge in [-0.25, -0.2) is 0 Å². The van der Waals surface area contributed by atoms with Crippen molar-refractivity contribution in [2.24, 2.45) is 0 Å². The van der Waals surface area contributed by atoms with Crippen LogP contribution in [0.3, 0.4) is 0 Å². The molecule has 0 saturated carbocycles. The van der Waals surface area contributed by atoms with E-state index in [-0.39, 0.29) is 17.3 Å². The molecule has 0 atom stereocenters. The molecule has 2 aromatic carbocycles. The Morgan fingerprint density at radius 1 is 1.15 bits per heavy atom. The molecule has 1 aromatic heterocycles. The maximum atomic E-state index is 12.2. The van der Waals surface area contributed by atoms with E-state index in [2.05, 4.69) is 15.5 Å². The van der Waals surface area contributed by atoms with E-state index in [9.17, 15) is 14.9 Å². The van der Waals surface area contributed by atoms with Gasteiger partial charge < -0.3 is 4.42 Å². The van der Waals surface area contributed by atoms with Crippen LogP contribution in [0.15, 0.2) is 46.9 Å². The zero-order valence-corrected chi connectivity index (χ0v) is 14.2. The molecule has 0 radical (unpaired) electrons. The van der Waals surface area contributed by atoms with Crippen LogP contribution in [0.2, 0.25) is 0 Å². The number of aryl methyl sites for hydroxylation is 2. The van der Waals surface area contributed by atoms with Crippen molar-refractivity contribution >= 4 is 17.6 Å². The first-order valence-corrected chi connectivity index (χ1v) is 7.86. The van der Waals surface area contributed by atoms with Crippen molar-refractivity contribution in [3.63, 3.8) is 0 Å². The number of anilines is 1. The maximum Gasteiger partial charge on any atom is 0.322 e. The zero-order chi connectivity index (χ0) is 18.7. The van der Waals surface area contributed by atoms with E-state index in [0.717, 1.165) is 5.56 Å². The summed E-state index contributed by atoms with van der Waals surface area (Å²) in [5.41, 5.74) is 3.35. The number of hydrogen-bond donors (Lipinski definition) is 1. The molecule has 3 rings (SSSR count). The van der Waals surface area contributed by atoms with E-state index in [0.29, 0.717) is 12.3 Å². The van der Waals surface area contributed by atoms with Gasteiger partial charge in [0.15, 0.2) is 0 Å². The second-order valence-corrected chi connectivity index (χ2v) is 5.86. The van der Waals surface area contributed by atoms with Gasteiger partial charge in [-0.1, -0.05) is 29.4 Å². The molecule has 132 valence electrons. The number of hydrogen-bond acceptors (Lipinski definition) is 6. The summed E-state index contributed by atoms with van der Waals surface area (Å²) in [5.74, 6) is -0.197. The zero-order valence-electron chi connectivity index (χ0n) is 14.2. The average molecular weight is 352 g/mol. The highest BCUT2D eigenvalue weighted by atomic mass is 16.6. The van der Waals surface area contributed by atoms with Crippen LogP contribution in [0.4, 0.5) is 11.7 Å². The summed E-state index contributed by atoms with van der Waals surface area (Å²) in [7, 11) is 0. The number of carbonyl (C=O) groups excluding carboxylic acids is 1. The van der Waals surface area contributed by atoms with E-state index in [1.807, 2.05) is 32.0 Å². The smallest absolute Gasteiger partial charge is 0.322 e. The monoisotopic (exact) mass is 352 g/mol. The van der Waals surface area contributed by atoms with Crippen LogP contribution in [0.5, 0.6) is 0 Å². The predicted octanol–water partition coefficient (Wildman–Crippen LogP) is 3.44. The number of aromatic nitrogens is 2. The van der Waals surface area contributed by atoms with E-state index in [1.165, 1.54) is 35.4 Å². The Morgan fingerprint density at radius 2 is 1.96 bits per heavy atom. The van der Waals surface area contributed by atoms with E-state index in [4.69, 9.17) is 4.42 Å². The van der Waals surface area contributed by atoms with Crippen molar-refractivity contribution in [3.05, 3.63) is 80.7 Å². The van der Waals surface area contributed by atoms with Crippen LogP contribution in [0.1, 0.15) is 32.9 Å². The van der Waals surface area contributed by atoms with Gasteiger partial charge in [0.2, 0.25) is 5.89 Å². The molecule has 8 nitrogen and oxygen atoms in total. The number of non-ortho nitro benzene ring substituents is 1. The standard InChI is InChI=1S/C18H16N4O4/c1-11-6-7-13(8-12(11)2)9-16-20-21-18(26-16)19-17(23)14-4-3-5-15(10-14)22(24)25/h3-8,10H,9H2,1-2H3,(H,19,21,23). The summed E-state index contributed by atoms with van der Waals surface area (Å²) in [4.78, 5) is 22.4. The molecule has 26 heavy (non-hydrogen) atoms. The Bertz CT molecular complexity index is 981. The van der Waals surface area contributed by atoms with Gasteiger partial charge in [0.1, 0.15) is 0 Å². The molecule has 0 aliphatic heterocycles. The fourth-order valence-electron chi connectivity index (χ4n) is 2.39. The van der Waals surface area contributed by atoms with Gasteiger partial charge >= 0.3 is 6.01 Å². The third-order valence-corrected chi connectivity index (χ3v) is 3.93. The number of nitrogens with zero attached hydrogens (tertiary/aromatic N) is 3. The van der Waals surface area contributed by atoms with Crippen LogP contribution in [0.25, 0.3) is 0 Å².